The number of likely N-dealkylation sites (tertiary alicyclic amines) is 1. The van der Waals surface area contributed by atoms with E-state index in [-0.39, 0.29) is 5.91 Å². The van der Waals surface area contributed by atoms with Crippen LogP contribution in [0.25, 0.3) is 0 Å². The van der Waals surface area contributed by atoms with Gasteiger partial charge in [-0.2, -0.15) is 5.26 Å². The molecule has 6 nitrogen and oxygen atoms in total. The maximum absolute atomic E-state index is 12.6. The number of sulfonamides is 1. The number of amides is 1. The molecule has 2 fully saturated rings. The fraction of sp³-hybridized carbons (Fsp3) is 0.556. The summed E-state index contributed by atoms with van der Waals surface area (Å²) in [5, 5.41) is 8.84. The number of carbonyl (C=O) groups excluding carboxylic acids is 1. The lowest BCUT2D eigenvalue weighted by Crippen LogP contribution is -2.56. The first-order valence-electron chi connectivity index (χ1n) is 8.59. The lowest BCUT2D eigenvalue weighted by molar-refractivity contribution is 0.0649. The molecule has 7 heteroatoms. The molecule has 1 aliphatic heterocycles. The second-order valence-electron chi connectivity index (χ2n) is 7.28. The van der Waals surface area contributed by atoms with Gasteiger partial charge in [0.05, 0.1) is 17.9 Å². The molecule has 0 spiro atoms. The standard InChI is InChI=1S/C18H23N3O3S/c1-25(23,24)20-18(12-14-2-3-14)8-10-21(11-9-18)17(22)16-6-4-15(13-19)5-7-16/h4-7,14,20H,2-3,8-12H2,1H3. The highest BCUT2D eigenvalue weighted by molar-refractivity contribution is 7.88. The highest BCUT2D eigenvalue weighted by atomic mass is 32.2. The van der Waals surface area contributed by atoms with Crippen LogP contribution in [-0.4, -0.2) is 44.1 Å². The van der Waals surface area contributed by atoms with E-state index < -0.39 is 15.6 Å². The van der Waals surface area contributed by atoms with E-state index in [9.17, 15) is 13.2 Å². The van der Waals surface area contributed by atoms with Crippen molar-refractivity contribution in [3.05, 3.63) is 35.4 Å². The predicted molar refractivity (Wildman–Crippen MR) is 94.3 cm³/mol. The number of hydrogen-bond donors (Lipinski definition) is 1. The summed E-state index contributed by atoms with van der Waals surface area (Å²) >= 11 is 0. The van der Waals surface area contributed by atoms with Gasteiger partial charge < -0.3 is 4.90 Å². The number of hydrogen-bond acceptors (Lipinski definition) is 4. The quantitative estimate of drug-likeness (QED) is 0.867. The first-order valence-corrected chi connectivity index (χ1v) is 10.5. The van der Waals surface area contributed by atoms with Crippen LogP contribution in [0.2, 0.25) is 0 Å². The average Bonchev–Trinajstić information content (AvgIpc) is 3.37. The summed E-state index contributed by atoms with van der Waals surface area (Å²) in [6, 6.07) is 8.65. The normalized spacial score (nSPS) is 20.1. The zero-order valence-electron chi connectivity index (χ0n) is 14.4. The van der Waals surface area contributed by atoms with E-state index in [1.165, 1.54) is 19.1 Å². The van der Waals surface area contributed by atoms with Crippen LogP contribution in [0.5, 0.6) is 0 Å². The van der Waals surface area contributed by atoms with Crippen molar-refractivity contribution in [2.45, 2.75) is 37.6 Å². The molecule has 1 amide bonds. The Morgan fingerprint density at radius 2 is 1.88 bits per heavy atom. The number of carbonyl (C=O) groups is 1. The smallest absolute Gasteiger partial charge is 0.253 e. The Bertz CT molecular complexity index is 784. The second kappa shape index (κ2) is 6.77. The lowest BCUT2D eigenvalue weighted by Gasteiger charge is -2.42. The second-order valence-corrected chi connectivity index (χ2v) is 9.03. The van der Waals surface area contributed by atoms with E-state index in [4.69, 9.17) is 5.26 Å². The minimum atomic E-state index is -3.28. The van der Waals surface area contributed by atoms with Crippen molar-refractivity contribution in [1.29, 1.82) is 5.26 Å². The molecule has 0 atom stereocenters. The largest absolute Gasteiger partial charge is 0.339 e. The third-order valence-electron chi connectivity index (χ3n) is 5.05. The molecule has 0 unspecified atom stereocenters. The summed E-state index contributed by atoms with van der Waals surface area (Å²) < 4.78 is 26.4. The SMILES string of the molecule is CS(=O)(=O)NC1(CC2CC2)CCN(C(=O)c2ccc(C#N)cc2)CC1. The Hall–Kier alpha value is -1.91. The third-order valence-corrected chi connectivity index (χ3v) is 5.85. The van der Waals surface area contributed by atoms with Crippen molar-refractivity contribution in [2.24, 2.45) is 5.92 Å². The minimum absolute atomic E-state index is 0.0659. The van der Waals surface area contributed by atoms with Gasteiger partial charge in [-0.3, -0.25) is 4.79 Å². The molecule has 1 saturated heterocycles. The lowest BCUT2D eigenvalue weighted by atomic mass is 9.83. The molecule has 1 aromatic carbocycles. The molecule has 1 heterocycles. The zero-order valence-corrected chi connectivity index (χ0v) is 15.2. The van der Waals surface area contributed by atoms with Gasteiger partial charge in [0.2, 0.25) is 10.0 Å². The van der Waals surface area contributed by atoms with Crippen molar-refractivity contribution in [3.8, 4) is 6.07 Å². The molecule has 2 aliphatic rings. The molecule has 134 valence electrons. The summed E-state index contributed by atoms with van der Waals surface area (Å²) in [4.78, 5) is 14.4. The van der Waals surface area contributed by atoms with Crippen LogP contribution in [0.3, 0.4) is 0 Å². The number of nitrogens with one attached hydrogen (secondary N) is 1. The summed E-state index contributed by atoms with van der Waals surface area (Å²) in [6.45, 7) is 1.07. The summed E-state index contributed by atoms with van der Waals surface area (Å²) in [7, 11) is -3.28. The van der Waals surface area contributed by atoms with E-state index in [2.05, 4.69) is 4.72 Å². The van der Waals surface area contributed by atoms with Gasteiger partial charge in [-0.05, 0) is 49.4 Å². The Morgan fingerprint density at radius 3 is 2.36 bits per heavy atom. The molecular weight excluding hydrogens is 338 g/mol. The third kappa shape index (κ3) is 4.59. The van der Waals surface area contributed by atoms with Crippen molar-refractivity contribution in [1.82, 2.24) is 9.62 Å². The van der Waals surface area contributed by atoms with E-state index in [0.29, 0.717) is 43.0 Å². The fourth-order valence-corrected chi connectivity index (χ4v) is 4.70. The van der Waals surface area contributed by atoms with Crippen LogP contribution in [0, 0.1) is 17.2 Å². The maximum atomic E-state index is 12.6. The summed E-state index contributed by atoms with van der Waals surface area (Å²) in [5.74, 6) is 0.541. The first-order chi connectivity index (χ1) is 11.8. The van der Waals surface area contributed by atoms with E-state index in [1.54, 1.807) is 29.2 Å². The van der Waals surface area contributed by atoms with Gasteiger partial charge in [0.25, 0.3) is 5.91 Å². The van der Waals surface area contributed by atoms with Gasteiger partial charge in [0, 0.05) is 24.2 Å². The number of piperidine rings is 1. The molecule has 1 aromatic rings. The number of benzene rings is 1. The van der Waals surface area contributed by atoms with Crippen LogP contribution in [0.1, 0.15) is 48.0 Å². The Morgan fingerprint density at radius 1 is 1.28 bits per heavy atom. The topological polar surface area (TPSA) is 90.3 Å². The van der Waals surface area contributed by atoms with Crippen LogP contribution in [0.15, 0.2) is 24.3 Å². The number of rotatable bonds is 5. The van der Waals surface area contributed by atoms with Gasteiger partial charge in [-0.15, -0.1) is 0 Å². The number of nitriles is 1. The molecule has 1 N–H and O–H groups in total. The van der Waals surface area contributed by atoms with Crippen molar-refractivity contribution < 1.29 is 13.2 Å². The molecule has 3 rings (SSSR count). The number of nitrogens with zero attached hydrogens (tertiary/aromatic N) is 2. The Balaban J connectivity index is 1.67. The molecule has 1 saturated carbocycles. The van der Waals surface area contributed by atoms with E-state index in [1.807, 2.05) is 6.07 Å². The highest BCUT2D eigenvalue weighted by Gasteiger charge is 2.42. The predicted octanol–water partition coefficient (Wildman–Crippen LogP) is 1.88. The van der Waals surface area contributed by atoms with Gasteiger partial charge >= 0.3 is 0 Å². The van der Waals surface area contributed by atoms with Crippen molar-refractivity contribution in [3.63, 3.8) is 0 Å². The van der Waals surface area contributed by atoms with E-state index in [0.717, 1.165) is 6.42 Å². The summed E-state index contributed by atoms with van der Waals surface area (Å²) in [6.07, 6.45) is 5.67. The Labute approximate surface area is 148 Å². The molecule has 25 heavy (non-hydrogen) atoms. The van der Waals surface area contributed by atoms with Gasteiger partial charge in [-0.25, -0.2) is 13.1 Å². The zero-order chi connectivity index (χ0) is 18.1. The van der Waals surface area contributed by atoms with Crippen LogP contribution < -0.4 is 4.72 Å². The molecular formula is C18H23N3O3S. The molecule has 0 radical (unpaired) electrons. The summed E-state index contributed by atoms with van der Waals surface area (Å²) in [5.41, 5.74) is 0.664. The first kappa shape index (κ1) is 17.9. The molecule has 1 aliphatic carbocycles. The van der Waals surface area contributed by atoms with Crippen molar-refractivity contribution >= 4 is 15.9 Å². The van der Waals surface area contributed by atoms with Crippen LogP contribution >= 0.6 is 0 Å². The molecule has 0 aromatic heterocycles. The van der Waals surface area contributed by atoms with E-state index >= 15 is 0 Å². The maximum Gasteiger partial charge on any atom is 0.253 e. The highest BCUT2D eigenvalue weighted by Crippen LogP contribution is 2.41. The van der Waals surface area contributed by atoms with Crippen LogP contribution in [0.4, 0.5) is 0 Å². The van der Waals surface area contributed by atoms with Gasteiger partial charge in [-0.1, -0.05) is 12.8 Å². The van der Waals surface area contributed by atoms with Gasteiger partial charge in [0.1, 0.15) is 0 Å². The van der Waals surface area contributed by atoms with Crippen LogP contribution in [-0.2, 0) is 10.0 Å². The molecule has 0 bridgehead atoms. The fourth-order valence-electron chi connectivity index (χ4n) is 3.62. The Kier molecular flexibility index (Phi) is 4.85. The minimum Gasteiger partial charge on any atom is -0.339 e. The van der Waals surface area contributed by atoms with Gasteiger partial charge in [0.15, 0.2) is 0 Å². The average molecular weight is 361 g/mol. The van der Waals surface area contributed by atoms with Crippen molar-refractivity contribution in [2.75, 3.05) is 19.3 Å². The monoisotopic (exact) mass is 361 g/mol.